The fourth-order valence-electron chi connectivity index (χ4n) is 2.97. The van der Waals surface area contributed by atoms with Gasteiger partial charge in [-0.1, -0.05) is 41.0 Å². The molecule has 8 heteroatoms. The SMILES string of the molecule is NC1CCN(c2ncc(Sc3cccc(Cl)c3Cl)c3nccn23)CC1. The van der Waals surface area contributed by atoms with Crippen molar-refractivity contribution in [1.29, 1.82) is 0 Å². The molecule has 0 aliphatic carbocycles. The number of aromatic nitrogens is 3. The quantitative estimate of drug-likeness (QED) is 0.724. The summed E-state index contributed by atoms with van der Waals surface area (Å²) < 4.78 is 2.03. The van der Waals surface area contributed by atoms with E-state index in [1.54, 1.807) is 12.3 Å². The Morgan fingerprint density at radius 2 is 1.92 bits per heavy atom. The lowest BCUT2D eigenvalue weighted by Crippen LogP contribution is -2.40. The molecule has 130 valence electrons. The molecule has 1 fully saturated rings. The lowest BCUT2D eigenvalue weighted by atomic mass is 10.1. The molecule has 0 bridgehead atoms. The van der Waals surface area contributed by atoms with Crippen LogP contribution in [0.4, 0.5) is 5.95 Å². The molecule has 0 atom stereocenters. The second-order valence-electron chi connectivity index (χ2n) is 6.02. The highest BCUT2D eigenvalue weighted by molar-refractivity contribution is 7.99. The molecule has 1 aromatic carbocycles. The third-order valence-electron chi connectivity index (χ3n) is 4.33. The van der Waals surface area contributed by atoms with Gasteiger partial charge in [0.1, 0.15) is 0 Å². The smallest absolute Gasteiger partial charge is 0.211 e. The molecule has 25 heavy (non-hydrogen) atoms. The van der Waals surface area contributed by atoms with E-state index in [0.29, 0.717) is 10.0 Å². The summed E-state index contributed by atoms with van der Waals surface area (Å²) in [6, 6.07) is 5.90. The lowest BCUT2D eigenvalue weighted by molar-refractivity contribution is 0.494. The second-order valence-corrected chi connectivity index (χ2v) is 7.89. The minimum Gasteiger partial charge on any atom is -0.342 e. The number of piperidine rings is 1. The Kier molecular flexibility index (Phi) is 4.78. The fourth-order valence-corrected chi connectivity index (χ4v) is 4.37. The molecule has 3 heterocycles. The Balaban J connectivity index is 1.69. The van der Waals surface area contributed by atoms with Crippen LogP contribution in [0.3, 0.4) is 0 Å². The molecule has 1 saturated heterocycles. The zero-order valence-corrected chi connectivity index (χ0v) is 15.7. The van der Waals surface area contributed by atoms with Gasteiger partial charge in [-0.25, -0.2) is 9.97 Å². The molecule has 1 aliphatic heterocycles. The molecule has 2 N–H and O–H groups in total. The highest BCUT2D eigenvalue weighted by Gasteiger charge is 2.21. The van der Waals surface area contributed by atoms with Crippen LogP contribution in [0.5, 0.6) is 0 Å². The first-order chi connectivity index (χ1) is 12.1. The van der Waals surface area contributed by atoms with Crippen LogP contribution < -0.4 is 10.6 Å². The summed E-state index contributed by atoms with van der Waals surface area (Å²) in [5.74, 6) is 0.904. The molecule has 0 spiro atoms. The van der Waals surface area contributed by atoms with Gasteiger partial charge in [-0.3, -0.25) is 4.40 Å². The van der Waals surface area contributed by atoms with Crippen molar-refractivity contribution >= 4 is 46.6 Å². The van der Waals surface area contributed by atoms with Crippen LogP contribution in [0.1, 0.15) is 12.8 Å². The Bertz CT molecular complexity index is 905. The van der Waals surface area contributed by atoms with Crippen molar-refractivity contribution in [3.05, 3.63) is 46.8 Å². The van der Waals surface area contributed by atoms with Crippen molar-refractivity contribution in [1.82, 2.24) is 14.4 Å². The van der Waals surface area contributed by atoms with Crippen molar-refractivity contribution in [2.75, 3.05) is 18.0 Å². The summed E-state index contributed by atoms with van der Waals surface area (Å²) in [6.07, 6.45) is 7.54. The molecule has 0 amide bonds. The average molecular weight is 394 g/mol. The van der Waals surface area contributed by atoms with Crippen molar-refractivity contribution in [3.8, 4) is 0 Å². The number of nitrogens with zero attached hydrogens (tertiary/aromatic N) is 4. The highest BCUT2D eigenvalue weighted by Crippen LogP contribution is 2.38. The molecular formula is C17H17Cl2N5S. The van der Waals surface area contributed by atoms with E-state index in [1.807, 2.05) is 28.9 Å². The molecule has 2 aromatic heterocycles. The Labute approximate surface area is 160 Å². The van der Waals surface area contributed by atoms with Crippen LogP contribution in [0.15, 0.2) is 46.6 Å². The first-order valence-corrected chi connectivity index (χ1v) is 9.65. The number of hydrogen-bond donors (Lipinski definition) is 1. The molecule has 0 radical (unpaired) electrons. The molecular weight excluding hydrogens is 377 g/mol. The van der Waals surface area contributed by atoms with Gasteiger partial charge >= 0.3 is 0 Å². The Hall–Kier alpha value is -1.47. The number of nitrogens with two attached hydrogens (primary N) is 1. The van der Waals surface area contributed by atoms with Gasteiger partial charge in [0.15, 0.2) is 5.65 Å². The zero-order valence-electron chi connectivity index (χ0n) is 13.4. The van der Waals surface area contributed by atoms with Gasteiger partial charge in [0.05, 0.1) is 14.9 Å². The van der Waals surface area contributed by atoms with Gasteiger partial charge in [-0.15, -0.1) is 0 Å². The van der Waals surface area contributed by atoms with Gasteiger partial charge in [-0.05, 0) is 25.0 Å². The van der Waals surface area contributed by atoms with Gasteiger partial charge in [0.25, 0.3) is 0 Å². The van der Waals surface area contributed by atoms with Crippen molar-refractivity contribution < 1.29 is 0 Å². The van der Waals surface area contributed by atoms with E-state index in [1.165, 1.54) is 11.8 Å². The van der Waals surface area contributed by atoms with Crippen LogP contribution in [-0.2, 0) is 0 Å². The van der Waals surface area contributed by atoms with Gasteiger partial charge in [-0.2, -0.15) is 0 Å². The predicted octanol–water partition coefficient (Wildman–Crippen LogP) is 4.11. The van der Waals surface area contributed by atoms with Crippen molar-refractivity contribution in [3.63, 3.8) is 0 Å². The standard InChI is InChI=1S/C17H17Cl2N5S/c18-12-2-1-3-13(15(12)19)25-14-10-22-17(24-9-6-21-16(14)24)23-7-4-11(20)5-8-23/h1-3,6,9-11H,4-5,7-8,20H2. The highest BCUT2D eigenvalue weighted by atomic mass is 35.5. The Morgan fingerprint density at radius 1 is 1.12 bits per heavy atom. The summed E-state index contributed by atoms with van der Waals surface area (Å²) in [6.45, 7) is 1.82. The fraction of sp³-hybridized carbons (Fsp3) is 0.294. The van der Waals surface area contributed by atoms with E-state index in [-0.39, 0.29) is 6.04 Å². The van der Waals surface area contributed by atoms with E-state index >= 15 is 0 Å². The van der Waals surface area contributed by atoms with E-state index in [2.05, 4.69) is 14.9 Å². The van der Waals surface area contributed by atoms with Gasteiger partial charge in [0, 0.05) is 42.6 Å². The van der Waals surface area contributed by atoms with E-state index in [4.69, 9.17) is 28.9 Å². The maximum atomic E-state index is 6.31. The summed E-state index contributed by atoms with van der Waals surface area (Å²) >= 11 is 13.9. The van der Waals surface area contributed by atoms with Crippen LogP contribution in [0.2, 0.25) is 10.0 Å². The maximum Gasteiger partial charge on any atom is 0.211 e. The molecule has 3 aromatic rings. The number of fused-ring (bicyclic) bond motifs is 1. The molecule has 4 rings (SSSR count). The predicted molar refractivity (Wildman–Crippen MR) is 103 cm³/mol. The van der Waals surface area contributed by atoms with Crippen LogP contribution in [0.25, 0.3) is 5.65 Å². The number of anilines is 1. The second kappa shape index (κ2) is 7.03. The number of benzene rings is 1. The van der Waals surface area contributed by atoms with E-state index < -0.39 is 0 Å². The third kappa shape index (κ3) is 3.31. The normalized spacial score (nSPS) is 15.9. The van der Waals surface area contributed by atoms with Crippen LogP contribution >= 0.6 is 35.0 Å². The van der Waals surface area contributed by atoms with Gasteiger partial charge < -0.3 is 10.6 Å². The number of rotatable bonds is 3. The largest absolute Gasteiger partial charge is 0.342 e. The van der Waals surface area contributed by atoms with E-state index in [9.17, 15) is 0 Å². The number of imidazole rings is 1. The minimum atomic E-state index is 0.286. The third-order valence-corrected chi connectivity index (χ3v) is 6.33. The average Bonchev–Trinajstić information content (AvgIpc) is 3.10. The lowest BCUT2D eigenvalue weighted by Gasteiger charge is -2.31. The summed E-state index contributed by atoms with van der Waals surface area (Å²) in [5, 5.41) is 1.09. The number of hydrogen-bond acceptors (Lipinski definition) is 5. The maximum absolute atomic E-state index is 6.31. The molecule has 0 unspecified atom stereocenters. The van der Waals surface area contributed by atoms with Crippen molar-refractivity contribution in [2.24, 2.45) is 5.73 Å². The summed E-state index contributed by atoms with van der Waals surface area (Å²) in [5.41, 5.74) is 6.87. The first kappa shape index (κ1) is 17.0. The summed E-state index contributed by atoms with van der Waals surface area (Å²) in [7, 11) is 0. The summed E-state index contributed by atoms with van der Waals surface area (Å²) in [4.78, 5) is 13.3. The molecule has 0 saturated carbocycles. The topological polar surface area (TPSA) is 59.5 Å². The number of halogens is 2. The Morgan fingerprint density at radius 3 is 2.72 bits per heavy atom. The monoisotopic (exact) mass is 393 g/mol. The van der Waals surface area contributed by atoms with Crippen molar-refractivity contribution in [2.45, 2.75) is 28.7 Å². The first-order valence-electron chi connectivity index (χ1n) is 8.08. The molecule has 1 aliphatic rings. The minimum absolute atomic E-state index is 0.286. The van der Waals surface area contributed by atoms with Crippen LogP contribution in [-0.4, -0.2) is 33.5 Å². The van der Waals surface area contributed by atoms with Crippen LogP contribution in [0, 0.1) is 0 Å². The zero-order chi connectivity index (χ0) is 17.4. The van der Waals surface area contributed by atoms with E-state index in [0.717, 1.165) is 47.3 Å². The molecule has 5 nitrogen and oxygen atoms in total. The van der Waals surface area contributed by atoms with Gasteiger partial charge in [0.2, 0.25) is 5.95 Å².